The number of rotatable bonds is 2. The molecular formula is C13H10ClNO. The lowest BCUT2D eigenvalue weighted by Gasteiger charge is -1.98. The molecule has 0 spiro atoms. The molecule has 2 aromatic carbocycles. The number of hydrogen-bond acceptors (Lipinski definition) is 2. The van der Waals surface area contributed by atoms with Crippen LogP contribution in [0.15, 0.2) is 53.5 Å². The first-order valence-corrected chi connectivity index (χ1v) is 5.22. The number of phenolic OH excluding ortho intramolecular Hbond substituents is 1. The summed E-state index contributed by atoms with van der Waals surface area (Å²) in [5, 5.41) is 10.1. The number of para-hydroxylation sites is 2. The maximum absolute atomic E-state index is 9.53. The SMILES string of the molecule is Oc1ccccc1C=Nc1ccccc1Cl. The average molecular weight is 232 g/mol. The lowest BCUT2D eigenvalue weighted by Crippen LogP contribution is -1.80. The van der Waals surface area contributed by atoms with E-state index in [0.29, 0.717) is 16.3 Å². The van der Waals surface area contributed by atoms with Gasteiger partial charge in [0.15, 0.2) is 0 Å². The van der Waals surface area contributed by atoms with Gasteiger partial charge in [0.2, 0.25) is 0 Å². The van der Waals surface area contributed by atoms with Gasteiger partial charge in [-0.25, -0.2) is 0 Å². The van der Waals surface area contributed by atoms with E-state index in [1.165, 1.54) is 0 Å². The van der Waals surface area contributed by atoms with E-state index >= 15 is 0 Å². The van der Waals surface area contributed by atoms with Crippen LogP contribution in [-0.4, -0.2) is 11.3 Å². The first-order chi connectivity index (χ1) is 7.77. The summed E-state index contributed by atoms with van der Waals surface area (Å²) in [5.74, 6) is 0.207. The van der Waals surface area contributed by atoms with E-state index < -0.39 is 0 Å². The first kappa shape index (κ1) is 10.7. The third kappa shape index (κ3) is 2.41. The van der Waals surface area contributed by atoms with Gasteiger partial charge in [-0.1, -0.05) is 35.9 Å². The van der Waals surface area contributed by atoms with Crippen molar-refractivity contribution in [3.63, 3.8) is 0 Å². The molecule has 0 unspecified atom stereocenters. The highest BCUT2D eigenvalue weighted by Gasteiger charge is 1.97. The third-order valence-electron chi connectivity index (χ3n) is 2.13. The van der Waals surface area contributed by atoms with Gasteiger partial charge in [0, 0.05) is 11.8 Å². The molecule has 80 valence electrons. The summed E-state index contributed by atoms with van der Waals surface area (Å²) < 4.78 is 0. The predicted molar refractivity (Wildman–Crippen MR) is 66.8 cm³/mol. The fraction of sp³-hybridized carbons (Fsp3) is 0. The van der Waals surface area contributed by atoms with Crippen molar-refractivity contribution in [2.75, 3.05) is 0 Å². The summed E-state index contributed by atoms with van der Waals surface area (Å²) in [6, 6.07) is 14.3. The van der Waals surface area contributed by atoms with Crippen molar-refractivity contribution in [1.82, 2.24) is 0 Å². The van der Waals surface area contributed by atoms with E-state index in [-0.39, 0.29) is 5.75 Å². The molecule has 2 rings (SSSR count). The largest absolute Gasteiger partial charge is 0.507 e. The van der Waals surface area contributed by atoms with Gasteiger partial charge in [-0.2, -0.15) is 0 Å². The monoisotopic (exact) mass is 231 g/mol. The molecule has 0 saturated heterocycles. The van der Waals surface area contributed by atoms with Gasteiger partial charge in [-0.15, -0.1) is 0 Å². The van der Waals surface area contributed by atoms with Crippen molar-refractivity contribution in [3.8, 4) is 5.75 Å². The van der Waals surface area contributed by atoms with Crippen LogP contribution in [0, 0.1) is 0 Å². The zero-order chi connectivity index (χ0) is 11.4. The molecule has 0 bridgehead atoms. The number of hydrogen-bond donors (Lipinski definition) is 1. The van der Waals surface area contributed by atoms with E-state index in [4.69, 9.17) is 11.6 Å². The number of phenols is 1. The lowest BCUT2D eigenvalue weighted by atomic mass is 10.2. The van der Waals surface area contributed by atoms with Crippen LogP contribution >= 0.6 is 11.6 Å². The Hall–Kier alpha value is -1.80. The Labute approximate surface area is 98.8 Å². The van der Waals surface area contributed by atoms with Gasteiger partial charge >= 0.3 is 0 Å². The molecule has 0 radical (unpaired) electrons. The highest BCUT2D eigenvalue weighted by Crippen LogP contribution is 2.24. The van der Waals surface area contributed by atoms with Crippen LogP contribution < -0.4 is 0 Å². The van der Waals surface area contributed by atoms with Crippen LogP contribution in [0.4, 0.5) is 5.69 Å². The van der Waals surface area contributed by atoms with Crippen molar-refractivity contribution >= 4 is 23.5 Å². The minimum Gasteiger partial charge on any atom is -0.507 e. The van der Waals surface area contributed by atoms with Gasteiger partial charge in [-0.05, 0) is 24.3 Å². The highest BCUT2D eigenvalue weighted by atomic mass is 35.5. The molecule has 2 aromatic rings. The Bertz CT molecular complexity index is 475. The van der Waals surface area contributed by atoms with Crippen molar-refractivity contribution < 1.29 is 5.11 Å². The quantitative estimate of drug-likeness (QED) is 0.784. The molecule has 2 nitrogen and oxygen atoms in total. The van der Waals surface area contributed by atoms with Gasteiger partial charge in [0.25, 0.3) is 0 Å². The van der Waals surface area contributed by atoms with Crippen LogP contribution in [0.3, 0.4) is 0 Å². The van der Waals surface area contributed by atoms with Crippen molar-refractivity contribution in [1.29, 1.82) is 0 Å². The Morgan fingerprint density at radius 3 is 2.44 bits per heavy atom. The summed E-state index contributed by atoms with van der Waals surface area (Å²) in [4.78, 5) is 4.22. The minimum atomic E-state index is 0.207. The van der Waals surface area contributed by atoms with E-state index in [9.17, 15) is 5.11 Å². The van der Waals surface area contributed by atoms with Gasteiger partial charge in [0.05, 0.1) is 10.7 Å². The van der Waals surface area contributed by atoms with Crippen LogP contribution in [0.5, 0.6) is 5.75 Å². The minimum absolute atomic E-state index is 0.207. The van der Waals surface area contributed by atoms with Gasteiger partial charge in [-0.3, -0.25) is 4.99 Å². The summed E-state index contributed by atoms with van der Waals surface area (Å²) in [7, 11) is 0. The maximum atomic E-state index is 9.53. The molecule has 1 N–H and O–H groups in total. The Morgan fingerprint density at radius 2 is 1.69 bits per heavy atom. The molecule has 0 atom stereocenters. The third-order valence-corrected chi connectivity index (χ3v) is 2.45. The number of benzene rings is 2. The number of halogens is 1. The highest BCUT2D eigenvalue weighted by molar-refractivity contribution is 6.33. The summed E-state index contributed by atoms with van der Waals surface area (Å²) in [6.45, 7) is 0. The summed E-state index contributed by atoms with van der Waals surface area (Å²) >= 11 is 5.95. The van der Waals surface area contributed by atoms with Crippen LogP contribution in [0.1, 0.15) is 5.56 Å². The number of aromatic hydroxyl groups is 1. The normalized spacial score (nSPS) is 10.8. The molecule has 0 aromatic heterocycles. The summed E-state index contributed by atoms with van der Waals surface area (Å²) in [5.41, 5.74) is 1.36. The Balaban J connectivity index is 2.29. The van der Waals surface area contributed by atoms with Gasteiger partial charge in [0.1, 0.15) is 5.75 Å². The molecule has 3 heteroatoms. The van der Waals surface area contributed by atoms with E-state index in [1.54, 1.807) is 30.5 Å². The van der Waals surface area contributed by atoms with E-state index in [1.807, 2.05) is 24.3 Å². The molecular weight excluding hydrogens is 222 g/mol. The molecule has 0 fully saturated rings. The van der Waals surface area contributed by atoms with Gasteiger partial charge < -0.3 is 5.11 Å². The van der Waals surface area contributed by atoms with Crippen molar-refractivity contribution in [2.24, 2.45) is 4.99 Å². The van der Waals surface area contributed by atoms with Crippen molar-refractivity contribution in [3.05, 3.63) is 59.1 Å². The Morgan fingerprint density at radius 1 is 1.00 bits per heavy atom. The van der Waals surface area contributed by atoms with Crippen LogP contribution in [0.2, 0.25) is 5.02 Å². The second kappa shape index (κ2) is 4.81. The Kier molecular flexibility index (Phi) is 3.22. The summed E-state index contributed by atoms with van der Waals surface area (Å²) in [6.07, 6.45) is 1.59. The maximum Gasteiger partial charge on any atom is 0.124 e. The molecule has 0 amide bonds. The zero-order valence-corrected chi connectivity index (χ0v) is 9.22. The molecule has 0 aliphatic rings. The second-order valence-electron chi connectivity index (χ2n) is 3.27. The van der Waals surface area contributed by atoms with Crippen LogP contribution in [-0.2, 0) is 0 Å². The molecule has 0 heterocycles. The lowest BCUT2D eigenvalue weighted by molar-refractivity contribution is 0.474. The zero-order valence-electron chi connectivity index (χ0n) is 8.47. The van der Waals surface area contributed by atoms with E-state index in [2.05, 4.69) is 4.99 Å². The first-order valence-electron chi connectivity index (χ1n) is 4.84. The smallest absolute Gasteiger partial charge is 0.124 e. The molecule has 0 aliphatic carbocycles. The van der Waals surface area contributed by atoms with E-state index in [0.717, 1.165) is 0 Å². The average Bonchev–Trinajstić information content (AvgIpc) is 2.30. The topological polar surface area (TPSA) is 32.6 Å². The molecule has 16 heavy (non-hydrogen) atoms. The second-order valence-corrected chi connectivity index (χ2v) is 3.68. The van der Waals surface area contributed by atoms with Crippen molar-refractivity contribution in [2.45, 2.75) is 0 Å². The molecule has 0 saturated carbocycles. The fourth-order valence-electron chi connectivity index (χ4n) is 1.29. The van der Waals surface area contributed by atoms with Crippen LogP contribution in [0.25, 0.3) is 0 Å². The number of aliphatic imine (C=N–C) groups is 1. The standard InChI is InChI=1S/C13H10ClNO/c14-11-6-2-3-7-12(11)15-9-10-5-1-4-8-13(10)16/h1-9,16H. The fourth-order valence-corrected chi connectivity index (χ4v) is 1.48. The number of nitrogens with zero attached hydrogens (tertiary/aromatic N) is 1. The molecule has 0 aliphatic heterocycles. The predicted octanol–water partition coefficient (Wildman–Crippen LogP) is 3.80.